The van der Waals surface area contributed by atoms with Crippen molar-refractivity contribution in [3.8, 4) is 0 Å². The summed E-state index contributed by atoms with van der Waals surface area (Å²) in [6, 6.07) is 0. The van der Waals surface area contributed by atoms with Crippen molar-refractivity contribution >= 4 is 0 Å². The number of hydrogen-bond acceptors (Lipinski definition) is 0. The van der Waals surface area contributed by atoms with E-state index in [1.165, 1.54) is 29.6 Å². The topological polar surface area (TPSA) is 0 Å². The van der Waals surface area contributed by atoms with Gasteiger partial charge in [-0.05, 0) is 60.2 Å². The third-order valence-corrected chi connectivity index (χ3v) is 5.91. The fourth-order valence-electron chi connectivity index (χ4n) is 5.48. The van der Waals surface area contributed by atoms with Crippen LogP contribution in [0.25, 0.3) is 0 Å². The highest BCUT2D eigenvalue weighted by Crippen LogP contribution is 2.79. The predicted molar refractivity (Wildman–Crippen MR) is 48.6 cm³/mol. The number of rotatable bonds is 0. The molecule has 4 bridgehead atoms. The van der Waals surface area contributed by atoms with Crippen LogP contribution in [0.2, 0.25) is 0 Å². The van der Waals surface area contributed by atoms with Crippen LogP contribution in [-0.2, 0) is 0 Å². The summed E-state index contributed by atoms with van der Waals surface area (Å²) in [4.78, 5) is 0. The minimum Gasteiger partial charge on any atom is -0.0594 e. The molecule has 4 unspecified atom stereocenters. The molecule has 5 fully saturated rings. The van der Waals surface area contributed by atoms with Crippen LogP contribution < -0.4 is 0 Å². The molecule has 0 aromatic carbocycles. The normalized spacial score (nSPS) is 68.5. The fraction of sp³-hybridized carbons (Fsp3) is 1.00. The largest absolute Gasteiger partial charge is 0.0594 e. The van der Waals surface area contributed by atoms with Gasteiger partial charge in [0.05, 0.1) is 0 Å². The van der Waals surface area contributed by atoms with Crippen molar-refractivity contribution in [3.63, 3.8) is 0 Å². The van der Waals surface area contributed by atoms with Crippen molar-refractivity contribution in [2.24, 2.45) is 40.9 Å². The molecule has 0 spiro atoms. The van der Waals surface area contributed by atoms with E-state index in [0.717, 1.165) is 11.3 Å². The summed E-state index contributed by atoms with van der Waals surface area (Å²) >= 11 is 0. The van der Waals surface area contributed by atoms with Crippen molar-refractivity contribution < 1.29 is 0 Å². The average Bonchev–Trinajstić information content (AvgIpc) is 2.71. The fourth-order valence-corrected chi connectivity index (χ4v) is 5.48. The van der Waals surface area contributed by atoms with Crippen LogP contribution in [-0.4, -0.2) is 0 Å². The minimum atomic E-state index is 0.739. The lowest BCUT2D eigenvalue weighted by atomic mass is 9.56. The summed E-state index contributed by atoms with van der Waals surface area (Å²) < 4.78 is 0. The van der Waals surface area contributed by atoms with Gasteiger partial charge in [-0.1, -0.05) is 13.8 Å². The molecule has 0 heterocycles. The molecule has 0 radical (unpaired) electrons. The molecular weight excluding hydrogens is 144 g/mol. The molecule has 0 aromatic heterocycles. The van der Waals surface area contributed by atoms with Crippen LogP contribution in [0.1, 0.15) is 33.1 Å². The van der Waals surface area contributed by atoms with E-state index in [-0.39, 0.29) is 0 Å². The second kappa shape index (κ2) is 1.51. The molecule has 66 valence electrons. The molecule has 0 saturated heterocycles. The van der Waals surface area contributed by atoms with Gasteiger partial charge < -0.3 is 0 Å². The highest BCUT2D eigenvalue weighted by Gasteiger charge is 2.74. The van der Waals surface area contributed by atoms with Crippen LogP contribution in [0.4, 0.5) is 0 Å². The van der Waals surface area contributed by atoms with Gasteiger partial charge in [0.2, 0.25) is 0 Å². The Morgan fingerprint density at radius 3 is 2.08 bits per heavy atom. The van der Waals surface area contributed by atoms with Gasteiger partial charge in [-0.15, -0.1) is 0 Å². The van der Waals surface area contributed by atoms with Gasteiger partial charge in [0, 0.05) is 0 Å². The zero-order chi connectivity index (χ0) is 8.09. The van der Waals surface area contributed by atoms with Crippen molar-refractivity contribution in [1.82, 2.24) is 0 Å². The summed E-state index contributed by atoms with van der Waals surface area (Å²) in [7, 11) is 0. The summed E-state index contributed by atoms with van der Waals surface area (Å²) in [5.41, 5.74) is 0.739. The Balaban J connectivity index is 1.86. The first kappa shape index (κ1) is 6.45. The van der Waals surface area contributed by atoms with Gasteiger partial charge in [-0.3, -0.25) is 0 Å². The molecule has 0 N–H and O–H groups in total. The summed E-state index contributed by atoms with van der Waals surface area (Å²) in [5.74, 6) is 7.09. The second-order valence-electron chi connectivity index (χ2n) is 6.43. The molecule has 5 rings (SSSR count). The van der Waals surface area contributed by atoms with Crippen molar-refractivity contribution in [2.45, 2.75) is 33.1 Å². The molecule has 0 aromatic rings. The highest BCUT2D eigenvalue weighted by molar-refractivity contribution is 5.22. The third kappa shape index (κ3) is 0.459. The molecule has 12 heavy (non-hydrogen) atoms. The minimum absolute atomic E-state index is 0.739. The summed E-state index contributed by atoms with van der Waals surface area (Å²) in [6.45, 7) is 5.10. The van der Waals surface area contributed by atoms with Crippen molar-refractivity contribution in [2.75, 3.05) is 0 Å². The predicted octanol–water partition coefficient (Wildman–Crippen LogP) is 2.93. The van der Waals surface area contributed by atoms with E-state index in [0.29, 0.717) is 0 Å². The lowest BCUT2D eigenvalue weighted by molar-refractivity contribution is -0.000866. The van der Waals surface area contributed by atoms with Gasteiger partial charge in [0.25, 0.3) is 0 Å². The molecule has 0 aliphatic heterocycles. The molecule has 0 amide bonds. The Bertz CT molecular complexity index is 231. The van der Waals surface area contributed by atoms with E-state index in [2.05, 4.69) is 13.8 Å². The van der Waals surface area contributed by atoms with Crippen LogP contribution in [0.5, 0.6) is 0 Å². The Morgan fingerprint density at radius 2 is 1.50 bits per heavy atom. The van der Waals surface area contributed by atoms with Crippen molar-refractivity contribution in [3.05, 3.63) is 0 Å². The lowest BCUT2D eigenvalue weighted by Gasteiger charge is -2.49. The van der Waals surface area contributed by atoms with E-state index in [4.69, 9.17) is 0 Å². The van der Waals surface area contributed by atoms with Gasteiger partial charge in [-0.2, -0.15) is 0 Å². The SMILES string of the molecule is CC1(C)C2CC3CC(C2)C2C3C21. The molecule has 0 nitrogen and oxygen atoms in total. The maximum Gasteiger partial charge on any atom is -0.0292 e. The van der Waals surface area contributed by atoms with Crippen LogP contribution in [0.3, 0.4) is 0 Å². The maximum atomic E-state index is 2.55. The van der Waals surface area contributed by atoms with E-state index in [9.17, 15) is 0 Å². The van der Waals surface area contributed by atoms with Gasteiger partial charge in [0.15, 0.2) is 0 Å². The zero-order valence-corrected chi connectivity index (χ0v) is 8.09. The monoisotopic (exact) mass is 162 g/mol. The zero-order valence-electron chi connectivity index (χ0n) is 8.09. The van der Waals surface area contributed by atoms with Gasteiger partial charge in [0.1, 0.15) is 0 Å². The number of hydrogen-bond donors (Lipinski definition) is 0. The smallest absolute Gasteiger partial charge is 0.0292 e. The molecule has 0 heteroatoms. The molecule has 5 aliphatic carbocycles. The molecule has 5 aliphatic rings. The van der Waals surface area contributed by atoms with Crippen molar-refractivity contribution in [1.29, 1.82) is 0 Å². The Morgan fingerprint density at radius 1 is 0.917 bits per heavy atom. The Kier molecular flexibility index (Phi) is 0.811. The van der Waals surface area contributed by atoms with E-state index < -0.39 is 0 Å². The average molecular weight is 162 g/mol. The van der Waals surface area contributed by atoms with Crippen LogP contribution in [0.15, 0.2) is 0 Å². The quantitative estimate of drug-likeness (QED) is 0.514. The van der Waals surface area contributed by atoms with Crippen LogP contribution >= 0.6 is 0 Å². The molecule has 4 atom stereocenters. The summed E-state index contributed by atoms with van der Waals surface area (Å²) in [5, 5.41) is 0. The van der Waals surface area contributed by atoms with E-state index in [1.807, 2.05) is 0 Å². The highest BCUT2D eigenvalue weighted by atomic mass is 14.8. The van der Waals surface area contributed by atoms with E-state index in [1.54, 1.807) is 19.3 Å². The first-order chi connectivity index (χ1) is 5.69. The Hall–Kier alpha value is 0. The standard InChI is InChI=1S/C12H18/c1-12(2)8-4-6-3-7(5-8)10-9(6)11(10)12/h6-11H,3-5H2,1-2H3. The first-order valence-corrected chi connectivity index (χ1v) is 5.69. The lowest BCUT2D eigenvalue weighted by Crippen LogP contribution is -2.41. The third-order valence-electron chi connectivity index (χ3n) is 5.91. The first-order valence-electron chi connectivity index (χ1n) is 5.69. The van der Waals surface area contributed by atoms with Crippen LogP contribution in [0, 0.1) is 40.9 Å². The Labute approximate surface area is 74.7 Å². The molecule has 5 saturated carbocycles. The summed E-state index contributed by atoms with van der Waals surface area (Å²) in [6.07, 6.45) is 4.82. The maximum absolute atomic E-state index is 2.55. The van der Waals surface area contributed by atoms with E-state index >= 15 is 0 Å². The van der Waals surface area contributed by atoms with Gasteiger partial charge in [-0.25, -0.2) is 0 Å². The molecular formula is C12H18. The second-order valence-corrected chi connectivity index (χ2v) is 6.43. The van der Waals surface area contributed by atoms with Gasteiger partial charge >= 0.3 is 0 Å².